The SMILES string of the molecule is Cc1cc(Cl)c(C(O)C2CCC2)cc1C. The Bertz CT molecular complexity index is 369. The van der Waals surface area contributed by atoms with E-state index >= 15 is 0 Å². The average molecular weight is 225 g/mol. The first kappa shape index (κ1) is 11.0. The minimum Gasteiger partial charge on any atom is -0.388 e. The first-order valence-corrected chi connectivity index (χ1v) is 5.92. The van der Waals surface area contributed by atoms with Crippen LogP contribution in [0.3, 0.4) is 0 Å². The van der Waals surface area contributed by atoms with Crippen molar-refractivity contribution < 1.29 is 5.11 Å². The maximum Gasteiger partial charge on any atom is 0.0832 e. The average Bonchev–Trinajstić information content (AvgIpc) is 2.08. The molecule has 0 radical (unpaired) electrons. The lowest BCUT2D eigenvalue weighted by molar-refractivity contribution is 0.0621. The van der Waals surface area contributed by atoms with Crippen molar-refractivity contribution in [2.45, 2.75) is 39.2 Å². The largest absolute Gasteiger partial charge is 0.388 e. The Morgan fingerprint density at radius 1 is 1.27 bits per heavy atom. The van der Waals surface area contributed by atoms with Crippen LogP contribution in [0, 0.1) is 19.8 Å². The third-order valence-corrected chi connectivity index (χ3v) is 3.86. The van der Waals surface area contributed by atoms with E-state index in [0.717, 1.165) is 18.4 Å². The van der Waals surface area contributed by atoms with Crippen LogP contribution in [-0.2, 0) is 0 Å². The Balaban J connectivity index is 2.30. The van der Waals surface area contributed by atoms with E-state index in [1.807, 2.05) is 19.1 Å². The quantitative estimate of drug-likeness (QED) is 0.811. The van der Waals surface area contributed by atoms with Gasteiger partial charge in [-0.3, -0.25) is 0 Å². The van der Waals surface area contributed by atoms with Gasteiger partial charge in [0.1, 0.15) is 0 Å². The van der Waals surface area contributed by atoms with Gasteiger partial charge < -0.3 is 5.11 Å². The molecule has 1 aliphatic rings. The maximum absolute atomic E-state index is 10.2. The molecule has 0 bridgehead atoms. The van der Waals surface area contributed by atoms with Gasteiger partial charge in [0.25, 0.3) is 0 Å². The van der Waals surface area contributed by atoms with Gasteiger partial charge in [0.05, 0.1) is 6.10 Å². The van der Waals surface area contributed by atoms with Crippen LogP contribution in [-0.4, -0.2) is 5.11 Å². The van der Waals surface area contributed by atoms with Crippen molar-refractivity contribution >= 4 is 11.6 Å². The number of rotatable bonds is 2. The first-order chi connectivity index (χ1) is 7.09. The Morgan fingerprint density at radius 2 is 1.87 bits per heavy atom. The van der Waals surface area contributed by atoms with Gasteiger partial charge in [0.2, 0.25) is 0 Å². The van der Waals surface area contributed by atoms with Crippen LogP contribution in [0.4, 0.5) is 0 Å². The minimum absolute atomic E-state index is 0.370. The first-order valence-electron chi connectivity index (χ1n) is 5.54. The van der Waals surface area contributed by atoms with Gasteiger partial charge in [-0.05, 0) is 55.4 Å². The molecule has 1 aromatic rings. The number of hydrogen-bond acceptors (Lipinski definition) is 1. The Kier molecular flexibility index (Phi) is 3.03. The van der Waals surface area contributed by atoms with Gasteiger partial charge in [0, 0.05) is 5.02 Å². The summed E-state index contributed by atoms with van der Waals surface area (Å²) in [4.78, 5) is 0. The summed E-state index contributed by atoms with van der Waals surface area (Å²) in [6.07, 6.45) is 3.13. The molecule has 0 heterocycles. The van der Waals surface area contributed by atoms with E-state index in [2.05, 4.69) is 6.92 Å². The lowest BCUT2D eigenvalue weighted by atomic mass is 9.78. The highest BCUT2D eigenvalue weighted by Crippen LogP contribution is 2.40. The summed E-state index contributed by atoms with van der Waals surface area (Å²) in [5.74, 6) is 0.421. The Labute approximate surface area is 96.1 Å². The maximum atomic E-state index is 10.2. The second kappa shape index (κ2) is 4.15. The topological polar surface area (TPSA) is 20.2 Å². The van der Waals surface area contributed by atoms with Gasteiger partial charge in [0.15, 0.2) is 0 Å². The summed E-state index contributed by atoms with van der Waals surface area (Å²) < 4.78 is 0. The molecule has 1 aromatic carbocycles. The highest BCUT2D eigenvalue weighted by molar-refractivity contribution is 6.31. The predicted molar refractivity (Wildman–Crippen MR) is 63.2 cm³/mol. The number of benzene rings is 1. The molecule has 15 heavy (non-hydrogen) atoms. The van der Waals surface area contributed by atoms with Gasteiger partial charge in [-0.25, -0.2) is 0 Å². The van der Waals surface area contributed by atoms with Crippen LogP contribution in [0.15, 0.2) is 12.1 Å². The fourth-order valence-corrected chi connectivity index (χ4v) is 2.37. The summed E-state index contributed by atoms with van der Waals surface area (Å²) in [5.41, 5.74) is 3.29. The standard InChI is InChI=1S/C13H17ClO/c1-8-6-11(12(14)7-9(8)2)13(15)10-4-3-5-10/h6-7,10,13,15H,3-5H2,1-2H3. The molecule has 0 saturated heterocycles. The van der Waals surface area contributed by atoms with E-state index in [9.17, 15) is 5.11 Å². The highest BCUT2D eigenvalue weighted by Gasteiger charge is 2.28. The number of hydrogen-bond donors (Lipinski definition) is 1. The fourth-order valence-electron chi connectivity index (χ4n) is 2.04. The Hall–Kier alpha value is -0.530. The van der Waals surface area contributed by atoms with Crippen LogP contribution < -0.4 is 0 Å². The number of aliphatic hydroxyl groups excluding tert-OH is 1. The van der Waals surface area contributed by atoms with Gasteiger partial charge >= 0.3 is 0 Å². The number of halogens is 1. The van der Waals surface area contributed by atoms with E-state index in [0.29, 0.717) is 10.9 Å². The lowest BCUT2D eigenvalue weighted by Gasteiger charge is -2.31. The number of aliphatic hydroxyl groups is 1. The molecule has 1 aliphatic carbocycles. The molecule has 1 unspecified atom stereocenters. The zero-order valence-corrected chi connectivity index (χ0v) is 10.0. The van der Waals surface area contributed by atoms with Crippen molar-refractivity contribution in [3.05, 3.63) is 33.8 Å². The molecule has 0 spiro atoms. The molecular weight excluding hydrogens is 208 g/mol. The second-order valence-electron chi connectivity index (χ2n) is 4.59. The van der Waals surface area contributed by atoms with Crippen molar-refractivity contribution in [2.24, 2.45) is 5.92 Å². The highest BCUT2D eigenvalue weighted by atomic mass is 35.5. The fraction of sp³-hybridized carbons (Fsp3) is 0.538. The lowest BCUT2D eigenvalue weighted by Crippen LogP contribution is -2.20. The molecule has 1 fully saturated rings. The zero-order valence-electron chi connectivity index (χ0n) is 9.26. The van der Waals surface area contributed by atoms with Gasteiger partial charge in [-0.2, -0.15) is 0 Å². The molecule has 1 saturated carbocycles. The summed E-state index contributed by atoms with van der Waals surface area (Å²) >= 11 is 6.16. The van der Waals surface area contributed by atoms with Gasteiger partial charge in [-0.1, -0.05) is 24.1 Å². The second-order valence-corrected chi connectivity index (χ2v) is 5.00. The van der Waals surface area contributed by atoms with Gasteiger partial charge in [-0.15, -0.1) is 0 Å². The van der Waals surface area contributed by atoms with E-state index < -0.39 is 0 Å². The third-order valence-electron chi connectivity index (χ3n) is 3.53. The molecule has 2 heteroatoms. The van der Waals surface area contributed by atoms with E-state index in [-0.39, 0.29) is 6.10 Å². The van der Waals surface area contributed by atoms with Crippen molar-refractivity contribution in [1.29, 1.82) is 0 Å². The van der Waals surface area contributed by atoms with Crippen LogP contribution in [0.5, 0.6) is 0 Å². The predicted octanol–water partition coefficient (Wildman–Crippen LogP) is 3.79. The van der Waals surface area contributed by atoms with Crippen molar-refractivity contribution in [2.75, 3.05) is 0 Å². The van der Waals surface area contributed by atoms with Crippen molar-refractivity contribution in [1.82, 2.24) is 0 Å². The minimum atomic E-state index is -0.370. The molecule has 0 amide bonds. The van der Waals surface area contributed by atoms with Crippen molar-refractivity contribution in [3.63, 3.8) is 0 Å². The zero-order chi connectivity index (χ0) is 11.0. The summed E-state index contributed by atoms with van der Waals surface area (Å²) in [5, 5.41) is 10.9. The number of aryl methyl sites for hydroxylation is 2. The van der Waals surface area contributed by atoms with E-state index in [4.69, 9.17) is 11.6 Å². The molecule has 0 aromatic heterocycles. The van der Waals surface area contributed by atoms with Crippen LogP contribution in [0.25, 0.3) is 0 Å². The third kappa shape index (κ3) is 2.04. The van der Waals surface area contributed by atoms with Crippen molar-refractivity contribution in [3.8, 4) is 0 Å². The summed E-state index contributed by atoms with van der Waals surface area (Å²) in [7, 11) is 0. The smallest absolute Gasteiger partial charge is 0.0832 e. The van der Waals surface area contributed by atoms with Crippen LogP contribution >= 0.6 is 11.6 Å². The summed E-state index contributed by atoms with van der Waals surface area (Å²) in [6.45, 7) is 4.10. The molecule has 0 aliphatic heterocycles. The molecule has 1 atom stereocenters. The van der Waals surface area contributed by atoms with E-state index in [1.54, 1.807) is 0 Å². The molecule has 1 nitrogen and oxygen atoms in total. The molecule has 82 valence electrons. The monoisotopic (exact) mass is 224 g/mol. The van der Waals surface area contributed by atoms with Crippen LogP contribution in [0.1, 0.15) is 42.1 Å². The van der Waals surface area contributed by atoms with Crippen LogP contribution in [0.2, 0.25) is 5.02 Å². The molecular formula is C13H17ClO. The Morgan fingerprint density at radius 3 is 2.40 bits per heavy atom. The molecule has 1 N–H and O–H groups in total. The molecule has 2 rings (SSSR count). The summed E-state index contributed by atoms with van der Waals surface area (Å²) in [6, 6.07) is 3.98. The normalized spacial score (nSPS) is 18.7. The van der Waals surface area contributed by atoms with E-state index in [1.165, 1.54) is 17.5 Å².